The zero-order chi connectivity index (χ0) is 14.9. The van der Waals surface area contributed by atoms with Gasteiger partial charge >= 0.3 is 0 Å². The second-order valence-electron chi connectivity index (χ2n) is 5.26. The molecule has 5 nitrogen and oxygen atoms in total. The van der Waals surface area contributed by atoms with Crippen LogP contribution in [0, 0.1) is 5.92 Å². The molecule has 0 saturated carbocycles. The maximum atomic E-state index is 9.06. The molecule has 0 aliphatic carbocycles. The third-order valence-electron chi connectivity index (χ3n) is 3.50. The molecule has 5 heteroatoms. The zero-order valence-electron chi connectivity index (χ0n) is 12.6. The normalized spacial score (nSPS) is 12.5. The van der Waals surface area contributed by atoms with E-state index < -0.39 is 0 Å². The number of aliphatic hydroxyl groups excluding tert-OH is 1. The van der Waals surface area contributed by atoms with Crippen molar-refractivity contribution in [2.24, 2.45) is 5.92 Å². The summed E-state index contributed by atoms with van der Waals surface area (Å²) in [4.78, 5) is 1.65. The summed E-state index contributed by atoms with van der Waals surface area (Å²) in [5, 5.41) is 21.2. The van der Waals surface area contributed by atoms with Crippen LogP contribution in [0.4, 0.5) is 0 Å². The first-order valence-corrected chi connectivity index (χ1v) is 7.61. The first-order valence-electron chi connectivity index (χ1n) is 7.61. The summed E-state index contributed by atoms with van der Waals surface area (Å²) in [6.45, 7) is 4.05. The van der Waals surface area contributed by atoms with Gasteiger partial charge in [0.25, 0.3) is 0 Å². The van der Waals surface area contributed by atoms with E-state index in [1.807, 2.05) is 30.3 Å². The second kappa shape index (κ2) is 8.54. The maximum Gasteiger partial charge on any atom is 0.0969 e. The minimum absolute atomic E-state index is 0.260. The molecule has 1 aromatic carbocycles. The Balaban J connectivity index is 1.83. The summed E-state index contributed by atoms with van der Waals surface area (Å²) >= 11 is 0. The summed E-state index contributed by atoms with van der Waals surface area (Å²) in [5.74, 6) is 0.532. The Hall–Kier alpha value is -1.72. The first-order chi connectivity index (χ1) is 10.3. The highest BCUT2D eigenvalue weighted by Crippen LogP contribution is 2.10. The number of nitrogens with one attached hydrogen (secondary N) is 1. The maximum absolute atomic E-state index is 9.06. The molecule has 1 atom stereocenters. The smallest absolute Gasteiger partial charge is 0.0969 e. The fourth-order valence-corrected chi connectivity index (χ4v) is 2.41. The van der Waals surface area contributed by atoms with E-state index in [0.29, 0.717) is 12.5 Å². The Bertz CT molecular complexity index is 506. The highest BCUT2D eigenvalue weighted by atomic mass is 16.3. The van der Waals surface area contributed by atoms with Crippen LogP contribution in [-0.2, 0) is 6.54 Å². The number of rotatable bonds is 9. The molecule has 1 heterocycles. The Morgan fingerprint density at radius 1 is 1.24 bits per heavy atom. The SMILES string of the molecule is CCCC(CCO)CNCc1cnn(-c2ccccc2)n1. The van der Waals surface area contributed by atoms with Crippen LogP contribution in [-0.4, -0.2) is 33.3 Å². The van der Waals surface area contributed by atoms with Crippen LogP contribution in [0.1, 0.15) is 31.9 Å². The fraction of sp³-hybridized carbons (Fsp3) is 0.500. The quantitative estimate of drug-likeness (QED) is 0.742. The van der Waals surface area contributed by atoms with Gasteiger partial charge in [0.15, 0.2) is 0 Å². The molecule has 0 amide bonds. The summed E-state index contributed by atoms with van der Waals surface area (Å²) < 4.78 is 0. The zero-order valence-corrected chi connectivity index (χ0v) is 12.6. The Morgan fingerprint density at radius 3 is 2.76 bits per heavy atom. The molecule has 0 radical (unpaired) electrons. The number of hydrogen-bond donors (Lipinski definition) is 2. The van der Waals surface area contributed by atoms with Crippen LogP contribution in [0.15, 0.2) is 36.5 Å². The Labute approximate surface area is 126 Å². The van der Waals surface area contributed by atoms with Crippen molar-refractivity contribution in [2.45, 2.75) is 32.7 Å². The van der Waals surface area contributed by atoms with Gasteiger partial charge in [-0.2, -0.15) is 15.0 Å². The molecule has 0 spiro atoms. The van der Waals surface area contributed by atoms with E-state index in [4.69, 9.17) is 5.11 Å². The average Bonchev–Trinajstić information content (AvgIpc) is 2.97. The van der Waals surface area contributed by atoms with Crippen LogP contribution in [0.3, 0.4) is 0 Å². The van der Waals surface area contributed by atoms with Crippen molar-refractivity contribution in [2.75, 3.05) is 13.2 Å². The molecule has 0 aliphatic rings. The summed E-state index contributed by atoms with van der Waals surface area (Å²) in [6.07, 6.45) is 4.94. The van der Waals surface area contributed by atoms with Crippen LogP contribution in [0.2, 0.25) is 0 Å². The van der Waals surface area contributed by atoms with Crippen LogP contribution in [0.25, 0.3) is 5.69 Å². The molecule has 0 bridgehead atoms. The van der Waals surface area contributed by atoms with Gasteiger partial charge in [0.1, 0.15) is 0 Å². The number of benzene rings is 1. The van der Waals surface area contributed by atoms with E-state index >= 15 is 0 Å². The summed E-state index contributed by atoms with van der Waals surface area (Å²) in [6, 6.07) is 9.89. The molecular formula is C16H24N4O. The van der Waals surface area contributed by atoms with Crippen molar-refractivity contribution in [3.05, 3.63) is 42.2 Å². The third-order valence-corrected chi connectivity index (χ3v) is 3.50. The van der Waals surface area contributed by atoms with Crippen LogP contribution < -0.4 is 5.32 Å². The van der Waals surface area contributed by atoms with Gasteiger partial charge in [0.05, 0.1) is 17.6 Å². The monoisotopic (exact) mass is 288 g/mol. The van der Waals surface area contributed by atoms with E-state index in [9.17, 15) is 0 Å². The Kier molecular flexibility index (Phi) is 6.37. The van der Waals surface area contributed by atoms with Gasteiger partial charge in [0, 0.05) is 13.2 Å². The van der Waals surface area contributed by atoms with Crippen molar-refractivity contribution in [1.82, 2.24) is 20.3 Å². The summed E-state index contributed by atoms with van der Waals surface area (Å²) in [7, 11) is 0. The first kappa shape index (κ1) is 15.7. The lowest BCUT2D eigenvalue weighted by Gasteiger charge is -2.14. The summed E-state index contributed by atoms with van der Waals surface area (Å²) in [5.41, 5.74) is 1.89. The molecule has 0 saturated heterocycles. The lowest BCUT2D eigenvalue weighted by atomic mass is 10.0. The highest BCUT2D eigenvalue weighted by molar-refractivity contribution is 5.28. The van der Waals surface area contributed by atoms with Gasteiger partial charge in [-0.1, -0.05) is 31.5 Å². The van der Waals surface area contributed by atoms with Crippen LogP contribution in [0.5, 0.6) is 0 Å². The van der Waals surface area contributed by atoms with Gasteiger partial charge < -0.3 is 10.4 Å². The number of aromatic nitrogens is 3. The molecule has 2 rings (SSSR count). The molecule has 2 aromatic rings. The van der Waals surface area contributed by atoms with E-state index in [1.54, 1.807) is 11.0 Å². The van der Waals surface area contributed by atoms with E-state index in [2.05, 4.69) is 22.4 Å². The number of aliphatic hydroxyl groups is 1. The number of para-hydroxylation sites is 1. The van der Waals surface area contributed by atoms with Crippen LogP contribution >= 0.6 is 0 Å². The third kappa shape index (κ3) is 4.95. The van der Waals surface area contributed by atoms with Gasteiger partial charge in [-0.05, 0) is 37.4 Å². The molecule has 114 valence electrons. The Morgan fingerprint density at radius 2 is 2.05 bits per heavy atom. The average molecular weight is 288 g/mol. The fourth-order valence-electron chi connectivity index (χ4n) is 2.41. The molecule has 1 aromatic heterocycles. The standard InChI is InChI=1S/C16H24N4O/c1-2-6-14(9-10-21)11-17-12-15-13-18-20(19-15)16-7-4-3-5-8-16/h3-5,7-8,13-14,17,21H,2,6,9-12H2,1H3. The predicted molar refractivity (Wildman–Crippen MR) is 83.2 cm³/mol. The highest BCUT2D eigenvalue weighted by Gasteiger charge is 2.08. The van der Waals surface area contributed by atoms with E-state index in [0.717, 1.165) is 37.2 Å². The minimum atomic E-state index is 0.260. The number of nitrogens with zero attached hydrogens (tertiary/aromatic N) is 3. The van der Waals surface area contributed by atoms with Gasteiger partial charge in [-0.25, -0.2) is 0 Å². The van der Waals surface area contributed by atoms with Gasteiger partial charge in [0.2, 0.25) is 0 Å². The van der Waals surface area contributed by atoms with Crippen molar-refractivity contribution < 1.29 is 5.11 Å². The van der Waals surface area contributed by atoms with E-state index in [1.165, 1.54) is 0 Å². The lowest BCUT2D eigenvalue weighted by molar-refractivity contribution is 0.248. The van der Waals surface area contributed by atoms with Crippen molar-refractivity contribution in [3.8, 4) is 5.69 Å². The van der Waals surface area contributed by atoms with Crippen molar-refractivity contribution in [1.29, 1.82) is 0 Å². The molecule has 1 unspecified atom stereocenters. The number of hydrogen-bond acceptors (Lipinski definition) is 4. The van der Waals surface area contributed by atoms with Gasteiger partial charge in [-0.3, -0.25) is 0 Å². The molecule has 0 fully saturated rings. The molecule has 21 heavy (non-hydrogen) atoms. The van der Waals surface area contributed by atoms with Crippen molar-refractivity contribution >= 4 is 0 Å². The lowest BCUT2D eigenvalue weighted by Crippen LogP contribution is -2.23. The largest absolute Gasteiger partial charge is 0.396 e. The minimum Gasteiger partial charge on any atom is -0.396 e. The predicted octanol–water partition coefficient (Wildman–Crippen LogP) is 2.16. The second-order valence-corrected chi connectivity index (χ2v) is 5.26. The topological polar surface area (TPSA) is 63.0 Å². The molecule has 0 aliphatic heterocycles. The molecular weight excluding hydrogens is 264 g/mol. The van der Waals surface area contributed by atoms with E-state index in [-0.39, 0.29) is 6.61 Å². The molecule has 2 N–H and O–H groups in total. The van der Waals surface area contributed by atoms with Gasteiger partial charge in [-0.15, -0.1) is 0 Å². The van der Waals surface area contributed by atoms with Crippen molar-refractivity contribution in [3.63, 3.8) is 0 Å².